The molecule has 0 aromatic heterocycles. The lowest BCUT2D eigenvalue weighted by Crippen LogP contribution is -2.08. The van der Waals surface area contributed by atoms with Gasteiger partial charge in [-0.05, 0) is 35.9 Å². The van der Waals surface area contributed by atoms with E-state index in [2.05, 4.69) is 15.9 Å². The summed E-state index contributed by atoms with van der Waals surface area (Å²) in [5.41, 5.74) is 7.33. The second-order valence-corrected chi connectivity index (χ2v) is 5.29. The van der Waals surface area contributed by atoms with Crippen LogP contribution in [0.15, 0.2) is 46.9 Å². The summed E-state index contributed by atoms with van der Waals surface area (Å²) in [6.45, 7) is 0.162. The second kappa shape index (κ2) is 6.08. The van der Waals surface area contributed by atoms with Crippen LogP contribution in [0.4, 0.5) is 5.69 Å². The van der Waals surface area contributed by atoms with Crippen molar-refractivity contribution in [3.8, 4) is 0 Å². The van der Waals surface area contributed by atoms with Gasteiger partial charge in [-0.15, -0.1) is 0 Å². The van der Waals surface area contributed by atoms with Gasteiger partial charge in [0.15, 0.2) is 0 Å². The van der Waals surface area contributed by atoms with Gasteiger partial charge in [-0.2, -0.15) is 0 Å². The van der Waals surface area contributed by atoms with Crippen molar-refractivity contribution in [2.45, 2.75) is 6.61 Å². The monoisotopic (exact) mass is 339 g/mol. The molecule has 5 heteroatoms. The minimum Gasteiger partial charge on any atom is -0.457 e. The van der Waals surface area contributed by atoms with Gasteiger partial charge in [0, 0.05) is 15.2 Å². The van der Waals surface area contributed by atoms with E-state index in [9.17, 15) is 4.79 Å². The number of anilines is 1. The Balaban J connectivity index is 2.05. The lowest BCUT2D eigenvalue weighted by Gasteiger charge is -2.07. The predicted octanol–water partition coefficient (Wildman–Crippen LogP) is 4.04. The van der Waals surface area contributed by atoms with Crippen LogP contribution < -0.4 is 5.73 Å². The van der Waals surface area contributed by atoms with Crippen LogP contribution in [0.5, 0.6) is 0 Å². The van der Waals surface area contributed by atoms with E-state index in [0.29, 0.717) is 16.3 Å². The Kier molecular flexibility index (Phi) is 4.45. The van der Waals surface area contributed by atoms with Gasteiger partial charge in [0.1, 0.15) is 6.61 Å². The van der Waals surface area contributed by atoms with E-state index in [-0.39, 0.29) is 6.61 Å². The fraction of sp³-hybridized carbons (Fsp3) is 0.0714. The van der Waals surface area contributed by atoms with Gasteiger partial charge in [0.05, 0.1) is 5.56 Å². The maximum atomic E-state index is 11.9. The van der Waals surface area contributed by atoms with Crippen molar-refractivity contribution in [2.24, 2.45) is 0 Å². The lowest BCUT2D eigenvalue weighted by molar-refractivity contribution is 0.0474. The molecule has 0 fully saturated rings. The molecule has 98 valence electrons. The highest BCUT2D eigenvalue weighted by Gasteiger charge is 2.11. The number of esters is 1. The van der Waals surface area contributed by atoms with Crippen molar-refractivity contribution in [3.63, 3.8) is 0 Å². The molecule has 0 bridgehead atoms. The third kappa shape index (κ3) is 3.72. The molecule has 0 amide bonds. The highest BCUT2D eigenvalue weighted by Crippen LogP contribution is 2.20. The van der Waals surface area contributed by atoms with Crippen molar-refractivity contribution < 1.29 is 9.53 Å². The number of nitrogen functional groups attached to an aromatic ring is 1. The van der Waals surface area contributed by atoms with Crippen LogP contribution in [0.25, 0.3) is 0 Å². The summed E-state index contributed by atoms with van der Waals surface area (Å²) in [5, 5.41) is 0.608. The molecule has 2 aromatic carbocycles. The van der Waals surface area contributed by atoms with Crippen LogP contribution in [0.2, 0.25) is 5.02 Å². The number of benzene rings is 2. The molecule has 0 heterocycles. The normalized spacial score (nSPS) is 10.2. The Morgan fingerprint density at radius 3 is 2.74 bits per heavy atom. The molecular weight excluding hydrogens is 330 g/mol. The van der Waals surface area contributed by atoms with Crippen LogP contribution in [0.1, 0.15) is 15.9 Å². The van der Waals surface area contributed by atoms with Gasteiger partial charge in [-0.25, -0.2) is 4.79 Å². The summed E-state index contributed by atoms with van der Waals surface area (Å²) in [7, 11) is 0. The van der Waals surface area contributed by atoms with Crippen LogP contribution in [-0.4, -0.2) is 5.97 Å². The molecule has 2 aromatic rings. The number of rotatable bonds is 3. The van der Waals surface area contributed by atoms with Gasteiger partial charge in [-0.1, -0.05) is 39.7 Å². The Bertz CT molecular complexity index is 616. The van der Waals surface area contributed by atoms with E-state index in [1.807, 2.05) is 6.07 Å². The van der Waals surface area contributed by atoms with Gasteiger partial charge in [-0.3, -0.25) is 0 Å². The average Bonchev–Trinajstić information content (AvgIpc) is 2.36. The smallest absolute Gasteiger partial charge is 0.340 e. The first-order valence-corrected chi connectivity index (χ1v) is 6.70. The van der Waals surface area contributed by atoms with Crippen LogP contribution in [0, 0.1) is 0 Å². The van der Waals surface area contributed by atoms with Gasteiger partial charge < -0.3 is 10.5 Å². The number of nitrogens with two attached hydrogens (primary N) is 1. The summed E-state index contributed by atoms with van der Waals surface area (Å²) in [5.74, 6) is -0.454. The molecule has 3 nitrogen and oxygen atoms in total. The molecule has 0 unspecified atom stereocenters. The van der Waals surface area contributed by atoms with E-state index in [0.717, 1.165) is 10.0 Å². The number of carbonyl (C=O) groups is 1. The highest BCUT2D eigenvalue weighted by atomic mass is 79.9. The van der Waals surface area contributed by atoms with E-state index in [1.54, 1.807) is 36.4 Å². The summed E-state index contributed by atoms with van der Waals surface area (Å²) in [6.07, 6.45) is 0. The van der Waals surface area contributed by atoms with E-state index in [4.69, 9.17) is 22.1 Å². The number of carbonyl (C=O) groups excluding carboxylic acids is 1. The first-order valence-electron chi connectivity index (χ1n) is 5.53. The Labute approximate surface area is 124 Å². The van der Waals surface area contributed by atoms with Crippen LogP contribution in [-0.2, 0) is 11.3 Å². The van der Waals surface area contributed by atoms with Crippen molar-refractivity contribution in [1.29, 1.82) is 0 Å². The van der Waals surface area contributed by atoms with Crippen molar-refractivity contribution in [3.05, 3.63) is 63.1 Å². The maximum Gasteiger partial charge on any atom is 0.340 e. The van der Waals surface area contributed by atoms with Crippen molar-refractivity contribution in [1.82, 2.24) is 0 Å². The molecule has 0 spiro atoms. The molecule has 0 aliphatic carbocycles. The van der Waals surface area contributed by atoms with Crippen LogP contribution >= 0.6 is 27.5 Å². The first kappa shape index (κ1) is 13.9. The average molecular weight is 341 g/mol. The number of hydrogen-bond donors (Lipinski definition) is 1. The molecule has 0 saturated carbocycles. The Morgan fingerprint density at radius 2 is 2.05 bits per heavy atom. The quantitative estimate of drug-likeness (QED) is 0.677. The third-order valence-electron chi connectivity index (χ3n) is 2.49. The Morgan fingerprint density at radius 1 is 1.26 bits per heavy atom. The van der Waals surface area contributed by atoms with Crippen molar-refractivity contribution in [2.75, 3.05) is 5.73 Å². The predicted molar refractivity (Wildman–Crippen MR) is 79.1 cm³/mol. The minimum absolute atomic E-state index is 0.162. The maximum absolute atomic E-state index is 11.9. The third-order valence-corrected chi connectivity index (χ3v) is 3.22. The lowest BCUT2D eigenvalue weighted by atomic mass is 10.2. The van der Waals surface area contributed by atoms with E-state index in [1.165, 1.54) is 0 Å². The zero-order valence-electron chi connectivity index (χ0n) is 9.90. The second-order valence-electron chi connectivity index (χ2n) is 3.94. The molecule has 0 saturated heterocycles. The van der Waals surface area contributed by atoms with E-state index < -0.39 is 5.97 Å². The van der Waals surface area contributed by atoms with Crippen LogP contribution in [0.3, 0.4) is 0 Å². The fourth-order valence-corrected chi connectivity index (χ4v) is 2.16. The molecular formula is C14H11BrClNO2. The summed E-state index contributed by atoms with van der Waals surface area (Å²) in [4.78, 5) is 11.9. The zero-order valence-corrected chi connectivity index (χ0v) is 12.2. The zero-order chi connectivity index (χ0) is 13.8. The SMILES string of the molecule is Nc1cc(Br)ccc1C(=O)OCc1cccc(Cl)c1. The Hall–Kier alpha value is -1.52. The van der Waals surface area contributed by atoms with Crippen molar-refractivity contribution >= 4 is 39.2 Å². The molecule has 2 rings (SSSR count). The van der Waals surface area contributed by atoms with Gasteiger partial charge in [0.2, 0.25) is 0 Å². The van der Waals surface area contributed by atoms with Gasteiger partial charge >= 0.3 is 5.97 Å². The molecule has 0 aliphatic rings. The molecule has 19 heavy (non-hydrogen) atoms. The molecule has 0 aliphatic heterocycles. The summed E-state index contributed by atoms with van der Waals surface area (Å²) < 4.78 is 6.01. The molecule has 0 radical (unpaired) electrons. The first-order chi connectivity index (χ1) is 9.06. The molecule has 2 N–H and O–H groups in total. The minimum atomic E-state index is -0.454. The largest absolute Gasteiger partial charge is 0.457 e. The molecule has 0 atom stereocenters. The number of ether oxygens (including phenoxy) is 1. The fourth-order valence-electron chi connectivity index (χ4n) is 1.57. The topological polar surface area (TPSA) is 52.3 Å². The van der Waals surface area contributed by atoms with Gasteiger partial charge in [0.25, 0.3) is 0 Å². The summed E-state index contributed by atoms with van der Waals surface area (Å²) >= 11 is 9.14. The van der Waals surface area contributed by atoms with E-state index >= 15 is 0 Å². The number of hydrogen-bond acceptors (Lipinski definition) is 3. The summed E-state index contributed by atoms with van der Waals surface area (Å²) in [6, 6.07) is 12.2. The number of halogens is 2. The standard InChI is InChI=1S/C14H11BrClNO2/c15-10-4-5-12(13(17)7-10)14(18)19-8-9-2-1-3-11(16)6-9/h1-7H,8,17H2. The highest BCUT2D eigenvalue weighted by molar-refractivity contribution is 9.10.